The van der Waals surface area contributed by atoms with Crippen LogP contribution in [0.25, 0.3) is 28.0 Å². The van der Waals surface area contributed by atoms with Gasteiger partial charge in [0.1, 0.15) is 23.0 Å². The number of methoxy groups -OCH3 is 3. The van der Waals surface area contributed by atoms with Crippen LogP contribution in [0.4, 0.5) is 13.2 Å². The highest BCUT2D eigenvalue weighted by atomic mass is 32.2. The maximum absolute atomic E-state index is 14.0. The van der Waals surface area contributed by atoms with E-state index in [4.69, 9.17) is 18.9 Å². The van der Waals surface area contributed by atoms with E-state index in [1.165, 1.54) is 0 Å². The molecule has 1 heterocycles. The highest BCUT2D eigenvalue weighted by molar-refractivity contribution is 8.00. The third-order valence-electron chi connectivity index (χ3n) is 11.6. The lowest BCUT2D eigenvalue weighted by molar-refractivity contribution is -0.0328. The second kappa shape index (κ2) is 13.2. The zero-order valence-electron chi connectivity index (χ0n) is 32.4. The van der Waals surface area contributed by atoms with Crippen LogP contribution in [0.15, 0.2) is 94.7 Å². The summed E-state index contributed by atoms with van der Waals surface area (Å²) in [6.45, 7) is 9.20. The van der Waals surface area contributed by atoms with E-state index in [9.17, 15) is 13.2 Å². The molecule has 1 aliphatic heterocycles. The molecule has 0 amide bonds. The normalized spacial score (nSPS) is 18.3. The van der Waals surface area contributed by atoms with Gasteiger partial charge in [-0.15, -0.1) is 11.8 Å². The van der Waals surface area contributed by atoms with E-state index < -0.39 is 16.5 Å². The van der Waals surface area contributed by atoms with Crippen LogP contribution in [0.1, 0.15) is 74.8 Å². The standard InChI is InChI=1S/C46H45F3O4S2/c1-42(2)24-43(3,4)26-44(25-42)36-21-31(55-46(47,48)49)17-18-32(36)39-34-22-37(52-7)38(54-8)23-35(34)41-33(40(39)44)19-20-45(53-41,27-9-13-29(50-5)14-10-27)28-11-15-30(51-6)16-12-28/h9-23H,24-26H2,1-8H3. The Labute approximate surface area is 329 Å². The van der Waals surface area contributed by atoms with Gasteiger partial charge in [0.05, 0.1) is 21.3 Å². The second-order valence-electron chi connectivity index (χ2n) is 16.6. The molecule has 0 bridgehead atoms. The lowest BCUT2D eigenvalue weighted by Gasteiger charge is -2.52. The Kier molecular flexibility index (Phi) is 9.04. The first kappa shape index (κ1) is 37.7. The van der Waals surface area contributed by atoms with Crippen molar-refractivity contribution < 1.29 is 32.1 Å². The van der Waals surface area contributed by atoms with Crippen molar-refractivity contribution in [1.82, 2.24) is 0 Å². The number of rotatable bonds is 7. The molecule has 0 radical (unpaired) electrons. The summed E-state index contributed by atoms with van der Waals surface area (Å²) in [5, 5.41) is 1.87. The van der Waals surface area contributed by atoms with Crippen molar-refractivity contribution in [1.29, 1.82) is 0 Å². The number of alkyl halides is 3. The molecule has 0 unspecified atom stereocenters. The Morgan fingerprint density at radius 1 is 0.709 bits per heavy atom. The molecule has 55 heavy (non-hydrogen) atoms. The molecule has 0 aromatic heterocycles. The Hall–Kier alpha value is -4.21. The van der Waals surface area contributed by atoms with Crippen LogP contribution in [-0.4, -0.2) is 33.1 Å². The summed E-state index contributed by atoms with van der Waals surface area (Å²) in [5.41, 5.74) is 0.640. The molecule has 1 saturated carbocycles. The molecule has 5 aromatic rings. The van der Waals surface area contributed by atoms with Gasteiger partial charge in [-0.05, 0) is 130 Å². The summed E-state index contributed by atoms with van der Waals surface area (Å²) in [5.74, 6) is 2.94. The van der Waals surface area contributed by atoms with Crippen molar-refractivity contribution in [2.24, 2.45) is 10.8 Å². The minimum atomic E-state index is -4.41. The molecule has 4 nitrogen and oxygen atoms in total. The summed E-state index contributed by atoms with van der Waals surface area (Å²) >= 11 is 1.55. The first-order chi connectivity index (χ1) is 26.1. The summed E-state index contributed by atoms with van der Waals surface area (Å²) < 4.78 is 66.6. The number of hydrogen-bond acceptors (Lipinski definition) is 6. The van der Waals surface area contributed by atoms with Gasteiger partial charge in [0, 0.05) is 37.3 Å². The molecule has 1 spiro atoms. The topological polar surface area (TPSA) is 36.9 Å². The van der Waals surface area contributed by atoms with Gasteiger partial charge < -0.3 is 18.9 Å². The van der Waals surface area contributed by atoms with Crippen LogP contribution in [0.2, 0.25) is 0 Å². The first-order valence-corrected chi connectivity index (χ1v) is 20.4. The smallest absolute Gasteiger partial charge is 0.446 e. The van der Waals surface area contributed by atoms with E-state index in [1.807, 2.05) is 66.9 Å². The molecule has 0 N–H and O–H groups in total. The van der Waals surface area contributed by atoms with Gasteiger partial charge >= 0.3 is 5.51 Å². The Bertz CT molecular complexity index is 2280. The minimum Gasteiger partial charge on any atom is -0.497 e. The van der Waals surface area contributed by atoms with E-state index in [-0.39, 0.29) is 27.5 Å². The molecule has 3 aliphatic rings. The fourth-order valence-electron chi connectivity index (χ4n) is 10.4. The maximum Gasteiger partial charge on any atom is 0.446 e. The quantitative estimate of drug-likeness (QED) is 0.153. The average Bonchev–Trinajstić information content (AvgIpc) is 3.39. The number of halogens is 3. The van der Waals surface area contributed by atoms with Crippen molar-refractivity contribution >= 4 is 40.4 Å². The van der Waals surface area contributed by atoms with Gasteiger partial charge in [0.25, 0.3) is 0 Å². The van der Waals surface area contributed by atoms with Crippen molar-refractivity contribution in [2.75, 3.05) is 27.6 Å². The number of fused-ring (bicyclic) bond motifs is 10. The van der Waals surface area contributed by atoms with Gasteiger partial charge in [0.2, 0.25) is 0 Å². The Morgan fingerprint density at radius 3 is 1.84 bits per heavy atom. The van der Waals surface area contributed by atoms with Crippen LogP contribution < -0.4 is 18.9 Å². The summed E-state index contributed by atoms with van der Waals surface area (Å²) in [7, 11) is 4.98. The average molecular weight is 783 g/mol. The predicted molar refractivity (Wildman–Crippen MR) is 218 cm³/mol. The number of hydrogen-bond donors (Lipinski definition) is 0. The Morgan fingerprint density at radius 2 is 1.31 bits per heavy atom. The lowest BCUT2D eigenvalue weighted by Crippen LogP contribution is -2.44. The van der Waals surface area contributed by atoms with E-state index in [2.05, 4.69) is 52.0 Å². The zero-order valence-corrected chi connectivity index (χ0v) is 34.0. The summed E-state index contributed by atoms with van der Waals surface area (Å²) in [6, 6.07) is 25.5. The highest BCUT2D eigenvalue weighted by Gasteiger charge is 2.56. The first-order valence-electron chi connectivity index (χ1n) is 18.4. The van der Waals surface area contributed by atoms with Crippen molar-refractivity contribution in [3.8, 4) is 34.1 Å². The molecule has 0 saturated heterocycles. The molecule has 9 heteroatoms. The number of benzene rings is 5. The zero-order chi connectivity index (χ0) is 39.1. The molecule has 1 fully saturated rings. The fourth-order valence-corrected chi connectivity index (χ4v) is 11.5. The van der Waals surface area contributed by atoms with Crippen molar-refractivity contribution in [3.05, 3.63) is 113 Å². The van der Waals surface area contributed by atoms with Crippen molar-refractivity contribution in [2.45, 2.75) is 73.3 Å². The molecule has 0 atom stereocenters. The molecule has 286 valence electrons. The van der Waals surface area contributed by atoms with Gasteiger partial charge in [-0.25, -0.2) is 0 Å². The highest BCUT2D eigenvalue weighted by Crippen LogP contribution is 2.67. The van der Waals surface area contributed by atoms with Crippen molar-refractivity contribution in [3.63, 3.8) is 0 Å². The van der Waals surface area contributed by atoms with Crippen LogP contribution in [0.5, 0.6) is 23.0 Å². The summed E-state index contributed by atoms with van der Waals surface area (Å²) in [4.78, 5) is 1.16. The number of thioether (sulfide) groups is 2. The van der Waals surface area contributed by atoms with E-state index in [0.717, 1.165) is 96.9 Å². The van der Waals surface area contributed by atoms with Gasteiger partial charge in [-0.1, -0.05) is 64.1 Å². The minimum absolute atomic E-state index is 0.0431. The van der Waals surface area contributed by atoms with Gasteiger partial charge in [-0.2, -0.15) is 13.2 Å². The van der Waals surface area contributed by atoms with Crippen LogP contribution in [-0.2, 0) is 11.0 Å². The monoisotopic (exact) mass is 782 g/mol. The Balaban J connectivity index is 1.49. The van der Waals surface area contributed by atoms with Crippen LogP contribution >= 0.6 is 23.5 Å². The largest absolute Gasteiger partial charge is 0.497 e. The fraction of sp³-hybridized carbons (Fsp3) is 0.348. The van der Waals surface area contributed by atoms with Crippen LogP contribution in [0, 0.1) is 10.8 Å². The molecule has 2 aliphatic carbocycles. The molecule has 5 aromatic carbocycles. The molecule has 8 rings (SSSR count). The van der Waals surface area contributed by atoms with E-state index in [0.29, 0.717) is 0 Å². The van der Waals surface area contributed by atoms with Crippen LogP contribution in [0.3, 0.4) is 0 Å². The third-order valence-corrected chi connectivity index (χ3v) is 13.1. The van der Waals surface area contributed by atoms with Gasteiger partial charge in [-0.3, -0.25) is 0 Å². The van der Waals surface area contributed by atoms with Gasteiger partial charge in [0.15, 0.2) is 5.60 Å². The maximum atomic E-state index is 14.0. The predicted octanol–water partition coefficient (Wildman–Crippen LogP) is 13.1. The molecular weight excluding hydrogens is 738 g/mol. The lowest BCUT2D eigenvalue weighted by atomic mass is 9.52. The second-order valence-corrected chi connectivity index (χ2v) is 18.6. The SMILES string of the molecule is COc1ccc(C2(c3ccc(OC)cc3)C=Cc3c4c(c5cc(OC)c(SC)cc5c3O2)-c2ccc(SC(F)(F)F)cc2C42CC(C)(C)CC(C)(C)C2)cc1. The van der Waals surface area contributed by atoms with E-state index in [1.54, 1.807) is 39.2 Å². The van der Waals surface area contributed by atoms with E-state index >= 15 is 0 Å². The third kappa shape index (κ3) is 6.26. The molecular formula is C46H45F3O4S2. The summed E-state index contributed by atoms with van der Waals surface area (Å²) in [6.07, 6.45) is 8.93. The number of ether oxygens (including phenoxy) is 4.